The number of hydrogen-bond donors (Lipinski definition) is 2. The SMILES string of the molecule is CC1(C)CSCC(C)(C)c2[nH]c(-c3ccc(O)cc3)nc21. The molecule has 0 spiro atoms. The third-order valence-corrected chi connectivity index (χ3v) is 5.94. The van der Waals surface area contributed by atoms with E-state index in [9.17, 15) is 5.11 Å². The summed E-state index contributed by atoms with van der Waals surface area (Å²) >= 11 is 2.00. The van der Waals surface area contributed by atoms with Crippen LogP contribution >= 0.6 is 11.8 Å². The molecule has 0 amide bonds. The van der Waals surface area contributed by atoms with Crippen molar-refractivity contribution in [3.63, 3.8) is 0 Å². The highest BCUT2D eigenvalue weighted by atomic mass is 32.2. The largest absolute Gasteiger partial charge is 0.508 e. The minimum atomic E-state index is 0.0689. The molecule has 1 aromatic carbocycles. The van der Waals surface area contributed by atoms with Crippen molar-refractivity contribution >= 4 is 11.8 Å². The fourth-order valence-electron chi connectivity index (χ4n) is 2.81. The lowest BCUT2D eigenvalue weighted by atomic mass is 9.82. The first-order valence-corrected chi connectivity index (χ1v) is 8.43. The number of H-pyrrole nitrogens is 1. The number of fused-ring (bicyclic) bond motifs is 1. The molecular weight excluding hydrogens is 280 g/mol. The molecule has 112 valence electrons. The van der Waals surface area contributed by atoms with Gasteiger partial charge in [-0.25, -0.2) is 4.98 Å². The Morgan fingerprint density at radius 3 is 2.33 bits per heavy atom. The number of phenolic OH excluding ortho intramolecular Hbond substituents is 1. The predicted octanol–water partition coefficient (Wildman–Crippen LogP) is 4.08. The fourth-order valence-corrected chi connectivity index (χ4v) is 4.21. The van der Waals surface area contributed by atoms with Crippen LogP contribution in [0.5, 0.6) is 5.75 Å². The first kappa shape index (κ1) is 14.5. The van der Waals surface area contributed by atoms with Crippen molar-refractivity contribution in [2.45, 2.75) is 38.5 Å². The van der Waals surface area contributed by atoms with E-state index in [0.29, 0.717) is 0 Å². The summed E-state index contributed by atoms with van der Waals surface area (Å²) in [5.41, 5.74) is 3.61. The number of benzene rings is 1. The van der Waals surface area contributed by atoms with E-state index in [0.717, 1.165) is 22.9 Å². The van der Waals surface area contributed by atoms with Gasteiger partial charge in [0.1, 0.15) is 11.6 Å². The maximum Gasteiger partial charge on any atom is 0.137 e. The molecule has 1 aliphatic rings. The number of imidazole rings is 1. The molecule has 0 unspecified atom stereocenters. The number of nitrogens with zero attached hydrogens (tertiary/aromatic N) is 1. The van der Waals surface area contributed by atoms with Crippen LogP contribution in [0.2, 0.25) is 0 Å². The molecule has 1 aliphatic heterocycles. The Morgan fingerprint density at radius 1 is 1.05 bits per heavy atom. The third kappa shape index (κ3) is 2.57. The quantitative estimate of drug-likeness (QED) is 0.834. The van der Waals surface area contributed by atoms with E-state index in [2.05, 4.69) is 32.7 Å². The number of aromatic amines is 1. The van der Waals surface area contributed by atoms with Crippen LogP contribution in [0.15, 0.2) is 24.3 Å². The Balaban J connectivity index is 2.14. The van der Waals surface area contributed by atoms with Crippen molar-refractivity contribution in [2.24, 2.45) is 0 Å². The fraction of sp³-hybridized carbons (Fsp3) is 0.471. The lowest BCUT2D eigenvalue weighted by Gasteiger charge is -2.23. The molecule has 3 nitrogen and oxygen atoms in total. The lowest BCUT2D eigenvalue weighted by Crippen LogP contribution is -2.24. The Hall–Kier alpha value is -1.42. The van der Waals surface area contributed by atoms with Gasteiger partial charge in [0, 0.05) is 33.6 Å². The maximum absolute atomic E-state index is 9.44. The van der Waals surface area contributed by atoms with Gasteiger partial charge in [0.25, 0.3) is 0 Å². The van der Waals surface area contributed by atoms with Gasteiger partial charge < -0.3 is 10.1 Å². The molecule has 0 radical (unpaired) electrons. The zero-order chi connectivity index (χ0) is 15.3. The summed E-state index contributed by atoms with van der Waals surface area (Å²) < 4.78 is 0. The van der Waals surface area contributed by atoms with Crippen molar-refractivity contribution in [2.75, 3.05) is 11.5 Å². The highest BCUT2D eigenvalue weighted by molar-refractivity contribution is 7.99. The third-order valence-electron chi connectivity index (χ3n) is 4.09. The molecule has 2 heterocycles. The van der Waals surface area contributed by atoms with E-state index in [-0.39, 0.29) is 16.6 Å². The first-order valence-electron chi connectivity index (χ1n) is 7.28. The van der Waals surface area contributed by atoms with Crippen molar-refractivity contribution in [1.82, 2.24) is 9.97 Å². The number of thioether (sulfide) groups is 1. The molecule has 0 atom stereocenters. The van der Waals surface area contributed by atoms with E-state index >= 15 is 0 Å². The standard InChI is InChI=1S/C17H22N2OS/c1-16(2)9-21-10-17(3,4)14-13(16)18-15(19-14)11-5-7-12(20)8-6-11/h5-8,20H,9-10H2,1-4H3,(H,18,19). The summed E-state index contributed by atoms with van der Waals surface area (Å²) in [5, 5.41) is 9.44. The van der Waals surface area contributed by atoms with Crippen molar-refractivity contribution in [3.05, 3.63) is 35.7 Å². The highest BCUT2D eigenvalue weighted by Gasteiger charge is 2.38. The number of hydrogen-bond acceptors (Lipinski definition) is 3. The van der Waals surface area contributed by atoms with Gasteiger partial charge in [-0.1, -0.05) is 27.7 Å². The van der Waals surface area contributed by atoms with Crippen LogP contribution in [0.4, 0.5) is 0 Å². The summed E-state index contributed by atoms with van der Waals surface area (Å²) in [6.07, 6.45) is 0. The number of phenols is 1. The second-order valence-electron chi connectivity index (χ2n) is 7.12. The smallest absolute Gasteiger partial charge is 0.137 e. The summed E-state index contributed by atoms with van der Waals surface area (Å²) in [5.74, 6) is 3.36. The van der Waals surface area contributed by atoms with E-state index in [1.54, 1.807) is 12.1 Å². The average molecular weight is 302 g/mol. The van der Waals surface area contributed by atoms with Crippen molar-refractivity contribution < 1.29 is 5.11 Å². The van der Waals surface area contributed by atoms with E-state index in [1.807, 2.05) is 23.9 Å². The highest BCUT2D eigenvalue weighted by Crippen LogP contribution is 2.41. The summed E-state index contributed by atoms with van der Waals surface area (Å²) in [6.45, 7) is 9.08. The molecule has 2 aromatic rings. The van der Waals surface area contributed by atoms with Crippen LogP contribution in [-0.2, 0) is 10.8 Å². The van der Waals surface area contributed by atoms with Gasteiger partial charge in [0.2, 0.25) is 0 Å². The Bertz CT molecular complexity index is 622. The van der Waals surface area contributed by atoms with E-state index in [4.69, 9.17) is 4.98 Å². The van der Waals surface area contributed by atoms with E-state index in [1.165, 1.54) is 11.4 Å². The molecule has 0 fully saturated rings. The molecule has 3 rings (SSSR count). The summed E-state index contributed by atoms with van der Waals surface area (Å²) in [4.78, 5) is 8.46. The van der Waals surface area contributed by atoms with Gasteiger partial charge in [-0.05, 0) is 24.3 Å². The molecule has 0 aliphatic carbocycles. The molecule has 4 heteroatoms. The van der Waals surface area contributed by atoms with Crippen LogP contribution in [0.1, 0.15) is 39.1 Å². The van der Waals surface area contributed by atoms with Crippen LogP contribution in [0, 0.1) is 0 Å². The van der Waals surface area contributed by atoms with Gasteiger partial charge in [-0.2, -0.15) is 11.8 Å². The van der Waals surface area contributed by atoms with Crippen LogP contribution in [0.25, 0.3) is 11.4 Å². The van der Waals surface area contributed by atoms with Crippen molar-refractivity contribution in [3.8, 4) is 17.1 Å². The second-order valence-corrected chi connectivity index (χ2v) is 8.10. The number of aromatic hydroxyl groups is 1. The Labute approximate surface area is 130 Å². The summed E-state index contributed by atoms with van der Waals surface area (Å²) in [7, 11) is 0. The number of nitrogens with one attached hydrogen (secondary N) is 1. The number of aromatic nitrogens is 2. The summed E-state index contributed by atoms with van der Waals surface area (Å²) in [6, 6.07) is 7.22. The zero-order valence-electron chi connectivity index (χ0n) is 13.0. The van der Waals surface area contributed by atoms with Gasteiger partial charge in [0.05, 0.1) is 5.69 Å². The van der Waals surface area contributed by atoms with Crippen LogP contribution < -0.4 is 0 Å². The van der Waals surface area contributed by atoms with E-state index < -0.39 is 0 Å². The monoisotopic (exact) mass is 302 g/mol. The average Bonchev–Trinajstić information content (AvgIpc) is 2.82. The second kappa shape index (κ2) is 4.80. The first-order chi connectivity index (χ1) is 9.79. The molecular formula is C17H22N2OS. The number of rotatable bonds is 1. The van der Waals surface area contributed by atoms with Crippen LogP contribution in [0.3, 0.4) is 0 Å². The lowest BCUT2D eigenvalue weighted by molar-refractivity contribution is 0.475. The minimum absolute atomic E-state index is 0.0689. The molecule has 0 saturated carbocycles. The van der Waals surface area contributed by atoms with Gasteiger partial charge in [-0.3, -0.25) is 0 Å². The van der Waals surface area contributed by atoms with Gasteiger partial charge in [-0.15, -0.1) is 0 Å². The van der Waals surface area contributed by atoms with Gasteiger partial charge >= 0.3 is 0 Å². The van der Waals surface area contributed by atoms with Crippen LogP contribution in [-0.4, -0.2) is 26.6 Å². The minimum Gasteiger partial charge on any atom is -0.508 e. The molecule has 21 heavy (non-hydrogen) atoms. The maximum atomic E-state index is 9.44. The predicted molar refractivity (Wildman–Crippen MR) is 89.1 cm³/mol. The zero-order valence-corrected chi connectivity index (χ0v) is 13.8. The van der Waals surface area contributed by atoms with Gasteiger partial charge in [0.15, 0.2) is 0 Å². The molecule has 1 aromatic heterocycles. The molecule has 0 bridgehead atoms. The normalized spacial score (nSPS) is 19.8. The molecule has 0 saturated heterocycles. The Kier molecular flexibility index (Phi) is 3.32. The molecule has 2 N–H and O–H groups in total. The van der Waals surface area contributed by atoms with Crippen molar-refractivity contribution in [1.29, 1.82) is 0 Å². The topological polar surface area (TPSA) is 48.9 Å². The Morgan fingerprint density at radius 2 is 1.67 bits per heavy atom.